The molecule has 0 bridgehead atoms. The molecule has 1 heterocycles. The van der Waals surface area contributed by atoms with Gasteiger partial charge in [0, 0.05) is 37.4 Å². The van der Waals surface area contributed by atoms with Crippen molar-refractivity contribution in [2.45, 2.75) is 5.16 Å². The second kappa shape index (κ2) is 9.58. The number of benzene rings is 2. The summed E-state index contributed by atoms with van der Waals surface area (Å²) < 4.78 is 1.84. The second-order valence-corrected chi connectivity index (χ2v) is 7.82. The third-order valence-corrected chi connectivity index (χ3v) is 5.35. The van der Waals surface area contributed by atoms with Gasteiger partial charge in [0.25, 0.3) is 5.91 Å². The van der Waals surface area contributed by atoms with Gasteiger partial charge in [-0.2, -0.15) is 5.10 Å². The summed E-state index contributed by atoms with van der Waals surface area (Å²) in [6.07, 6.45) is 1.61. The maximum absolute atomic E-state index is 12.1. The lowest BCUT2D eigenvalue weighted by Gasteiger charge is -2.11. The molecule has 3 aromatic rings. The number of rotatable bonds is 7. The lowest BCUT2D eigenvalue weighted by Crippen LogP contribution is -2.19. The molecule has 0 aliphatic carbocycles. The molecule has 0 atom stereocenters. The van der Waals surface area contributed by atoms with Crippen molar-refractivity contribution in [1.29, 1.82) is 0 Å². The number of nitrogens with zero attached hydrogens (tertiary/aromatic N) is 5. The number of nitrogens with one attached hydrogen (secondary N) is 1. The molecule has 1 aromatic heterocycles. The molecule has 0 fully saturated rings. The third kappa shape index (κ3) is 5.58. The van der Waals surface area contributed by atoms with Crippen LogP contribution in [0.25, 0.3) is 11.4 Å². The second-order valence-electron chi connectivity index (χ2n) is 6.44. The Bertz CT molecular complexity index is 999. The fourth-order valence-electron chi connectivity index (χ4n) is 2.49. The highest BCUT2D eigenvalue weighted by molar-refractivity contribution is 7.99. The average molecular weight is 429 g/mol. The molecule has 0 radical (unpaired) electrons. The van der Waals surface area contributed by atoms with Crippen molar-refractivity contribution in [2.24, 2.45) is 12.1 Å². The monoisotopic (exact) mass is 428 g/mol. The summed E-state index contributed by atoms with van der Waals surface area (Å²) in [7, 11) is 5.83. The maximum atomic E-state index is 12.1. The van der Waals surface area contributed by atoms with E-state index in [4.69, 9.17) is 11.6 Å². The van der Waals surface area contributed by atoms with Crippen LogP contribution in [0, 0.1) is 0 Å². The summed E-state index contributed by atoms with van der Waals surface area (Å²) in [5.74, 6) is 0.680. The Labute approximate surface area is 178 Å². The van der Waals surface area contributed by atoms with Gasteiger partial charge in [-0.25, -0.2) is 5.43 Å². The van der Waals surface area contributed by atoms with Gasteiger partial charge < -0.3 is 9.47 Å². The Morgan fingerprint density at radius 1 is 1.17 bits per heavy atom. The van der Waals surface area contributed by atoms with Crippen molar-refractivity contribution in [2.75, 3.05) is 24.7 Å². The van der Waals surface area contributed by atoms with Crippen molar-refractivity contribution in [3.8, 4) is 11.4 Å². The fraction of sp³-hybridized carbons (Fsp3) is 0.200. The quantitative estimate of drug-likeness (QED) is 0.354. The summed E-state index contributed by atoms with van der Waals surface area (Å²) >= 11 is 7.22. The topological polar surface area (TPSA) is 75.4 Å². The van der Waals surface area contributed by atoms with E-state index in [-0.39, 0.29) is 11.7 Å². The molecule has 29 heavy (non-hydrogen) atoms. The number of thioether (sulfide) groups is 1. The van der Waals surface area contributed by atoms with Crippen LogP contribution in [0.3, 0.4) is 0 Å². The van der Waals surface area contributed by atoms with Gasteiger partial charge in [-0.3, -0.25) is 4.79 Å². The molecule has 7 nitrogen and oxygen atoms in total. The summed E-state index contributed by atoms with van der Waals surface area (Å²) in [6.45, 7) is 0. The van der Waals surface area contributed by atoms with E-state index >= 15 is 0 Å². The molecular weight excluding hydrogens is 408 g/mol. The summed E-state index contributed by atoms with van der Waals surface area (Å²) in [5.41, 5.74) is 5.45. The summed E-state index contributed by atoms with van der Waals surface area (Å²) in [6, 6.07) is 15.2. The first-order valence-corrected chi connectivity index (χ1v) is 10.2. The number of hydrogen-bond donors (Lipinski definition) is 1. The van der Waals surface area contributed by atoms with Crippen molar-refractivity contribution >= 4 is 41.2 Å². The Kier molecular flexibility index (Phi) is 6.90. The van der Waals surface area contributed by atoms with Crippen LogP contribution in [0.15, 0.2) is 58.8 Å². The smallest absolute Gasteiger partial charge is 0.250 e. The number of carbonyl (C=O) groups excluding carboxylic acids is 1. The normalized spacial score (nSPS) is 11.0. The molecular formula is C20H21ClN6OS. The predicted octanol–water partition coefficient (Wildman–Crippen LogP) is 3.44. The first-order valence-electron chi connectivity index (χ1n) is 8.81. The van der Waals surface area contributed by atoms with Crippen molar-refractivity contribution in [3.05, 3.63) is 59.1 Å². The third-order valence-electron chi connectivity index (χ3n) is 4.08. The lowest BCUT2D eigenvalue weighted by molar-refractivity contribution is -0.118. The summed E-state index contributed by atoms with van der Waals surface area (Å²) in [5, 5.41) is 13.7. The predicted molar refractivity (Wildman–Crippen MR) is 119 cm³/mol. The molecule has 0 aliphatic rings. The van der Waals surface area contributed by atoms with Crippen molar-refractivity contribution in [1.82, 2.24) is 20.2 Å². The van der Waals surface area contributed by atoms with Gasteiger partial charge in [-0.1, -0.05) is 35.5 Å². The van der Waals surface area contributed by atoms with Crippen LogP contribution in [-0.2, 0) is 11.8 Å². The molecule has 150 valence electrons. The minimum absolute atomic E-state index is 0.184. The standard InChI is InChI=1S/C20H21ClN6OS/c1-26(2)17-10-4-14(5-11-17)12-22-23-18(28)13-29-20-25-24-19(27(20)3)15-6-8-16(21)9-7-15/h4-12H,13H2,1-3H3,(H,23,28). The highest BCUT2D eigenvalue weighted by atomic mass is 35.5. The zero-order valence-corrected chi connectivity index (χ0v) is 17.9. The molecule has 9 heteroatoms. The number of hydrogen-bond acceptors (Lipinski definition) is 6. The van der Waals surface area contributed by atoms with E-state index in [0.717, 1.165) is 16.8 Å². The van der Waals surface area contributed by atoms with Gasteiger partial charge in [0.15, 0.2) is 11.0 Å². The molecule has 0 unspecified atom stereocenters. The highest BCUT2D eigenvalue weighted by Gasteiger charge is 2.12. The van der Waals surface area contributed by atoms with E-state index in [1.165, 1.54) is 11.8 Å². The highest BCUT2D eigenvalue weighted by Crippen LogP contribution is 2.23. The SMILES string of the molecule is CN(C)c1ccc(C=NNC(=O)CSc2nnc(-c3ccc(Cl)cc3)n2C)cc1. The Hall–Kier alpha value is -2.84. The van der Waals surface area contributed by atoms with Crippen LogP contribution in [-0.4, -0.2) is 46.7 Å². The van der Waals surface area contributed by atoms with E-state index in [1.54, 1.807) is 18.3 Å². The van der Waals surface area contributed by atoms with E-state index in [1.807, 2.05) is 67.0 Å². The minimum atomic E-state index is -0.216. The summed E-state index contributed by atoms with van der Waals surface area (Å²) in [4.78, 5) is 14.1. The van der Waals surface area contributed by atoms with Gasteiger partial charge in [0.05, 0.1) is 12.0 Å². The number of hydrazone groups is 1. The Morgan fingerprint density at radius 2 is 1.86 bits per heavy atom. The zero-order valence-electron chi connectivity index (χ0n) is 16.3. The van der Waals surface area contributed by atoms with E-state index < -0.39 is 0 Å². The van der Waals surface area contributed by atoms with Gasteiger partial charge in [-0.05, 0) is 42.0 Å². The van der Waals surface area contributed by atoms with Crippen LogP contribution in [0.2, 0.25) is 5.02 Å². The molecule has 2 aromatic carbocycles. The molecule has 0 saturated heterocycles. The Balaban J connectivity index is 1.52. The maximum Gasteiger partial charge on any atom is 0.250 e. The number of carbonyl (C=O) groups is 1. The van der Waals surface area contributed by atoms with Crippen LogP contribution < -0.4 is 10.3 Å². The number of amides is 1. The fourth-order valence-corrected chi connectivity index (χ4v) is 3.32. The molecule has 1 amide bonds. The molecule has 0 aliphatic heterocycles. The van der Waals surface area contributed by atoms with Crippen LogP contribution >= 0.6 is 23.4 Å². The van der Waals surface area contributed by atoms with Crippen LogP contribution in [0.5, 0.6) is 0 Å². The molecule has 0 spiro atoms. The number of aromatic nitrogens is 3. The molecule has 0 saturated carbocycles. The zero-order chi connectivity index (χ0) is 20.8. The van der Waals surface area contributed by atoms with E-state index in [2.05, 4.69) is 20.7 Å². The van der Waals surface area contributed by atoms with E-state index in [9.17, 15) is 4.79 Å². The van der Waals surface area contributed by atoms with Crippen molar-refractivity contribution in [3.63, 3.8) is 0 Å². The van der Waals surface area contributed by atoms with Crippen molar-refractivity contribution < 1.29 is 4.79 Å². The first-order chi connectivity index (χ1) is 13.9. The van der Waals surface area contributed by atoms with Gasteiger partial charge in [-0.15, -0.1) is 10.2 Å². The number of anilines is 1. The van der Waals surface area contributed by atoms with Gasteiger partial charge in [0.1, 0.15) is 0 Å². The lowest BCUT2D eigenvalue weighted by atomic mass is 10.2. The number of halogens is 1. The average Bonchev–Trinajstić information content (AvgIpc) is 3.08. The van der Waals surface area contributed by atoms with Crippen LogP contribution in [0.1, 0.15) is 5.56 Å². The van der Waals surface area contributed by atoms with Gasteiger partial charge >= 0.3 is 0 Å². The minimum Gasteiger partial charge on any atom is -0.378 e. The van der Waals surface area contributed by atoms with Crippen LogP contribution in [0.4, 0.5) is 5.69 Å². The largest absolute Gasteiger partial charge is 0.378 e. The first kappa shape index (κ1) is 20.9. The van der Waals surface area contributed by atoms with Gasteiger partial charge in [0.2, 0.25) is 0 Å². The Morgan fingerprint density at radius 3 is 2.52 bits per heavy atom. The molecule has 1 N–H and O–H groups in total. The van der Waals surface area contributed by atoms with E-state index in [0.29, 0.717) is 16.0 Å². The molecule has 3 rings (SSSR count).